The second kappa shape index (κ2) is 29.7. The Labute approximate surface area is 199 Å². The Bertz CT molecular complexity index is 613. The molecule has 0 aromatic heterocycles. The number of alkyl halides is 1. The van der Waals surface area contributed by atoms with Crippen LogP contribution in [0.2, 0.25) is 0 Å². The number of aliphatic hydroxyl groups excluding tert-OH is 2. The molecule has 0 saturated carbocycles. The van der Waals surface area contributed by atoms with Crippen LogP contribution in [0.5, 0.6) is 5.75 Å². The van der Waals surface area contributed by atoms with Gasteiger partial charge in [0.15, 0.2) is 5.75 Å². The molecule has 0 aliphatic carbocycles. The minimum absolute atomic E-state index is 0.0352. The molecule has 0 spiro atoms. The first-order valence-corrected chi connectivity index (χ1v) is 10.9. The summed E-state index contributed by atoms with van der Waals surface area (Å²) in [6.45, 7) is 6.44. The zero-order valence-electron chi connectivity index (χ0n) is 21.1. The van der Waals surface area contributed by atoms with E-state index in [1.807, 2.05) is 20.2 Å². The summed E-state index contributed by atoms with van der Waals surface area (Å²) in [5.41, 5.74) is 3.36. The van der Waals surface area contributed by atoms with Crippen molar-refractivity contribution in [3.8, 4) is 5.75 Å². The van der Waals surface area contributed by atoms with E-state index < -0.39 is 0 Å². The van der Waals surface area contributed by atoms with Crippen molar-refractivity contribution in [2.45, 2.75) is 39.7 Å². The highest BCUT2D eigenvalue weighted by Gasteiger charge is 1.92. The minimum atomic E-state index is -0.0352. The molecular formula is C26H44F2N2O3. The topological polar surface area (TPSA) is 73.8 Å². The van der Waals surface area contributed by atoms with E-state index in [1.165, 1.54) is 49.1 Å². The lowest BCUT2D eigenvalue weighted by molar-refractivity contribution is -0.00624. The quantitative estimate of drug-likeness (QED) is 0.372. The smallest absolute Gasteiger partial charge is 0.171 e. The van der Waals surface area contributed by atoms with Gasteiger partial charge in [-0.1, -0.05) is 73.9 Å². The molecule has 0 atom stereocenters. The molecule has 0 radical (unpaired) electrons. The molecule has 0 aliphatic rings. The van der Waals surface area contributed by atoms with Gasteiger partial charge in [-0.2, -0.15) is 0 Å². The van der Waals surface area contributed by atoms with Crippen LogP contribution in [0.1, 0.15) is 44.2 Å². The van der Waals surface area contributed by atoms with Crippen LogP contribution in [0.25, 0.3) is 6.08 Å². The summed E-state index contributed by atoms with van der Waals surface area (Å²) < 4.78 is 20.9. The summed E-state index contributed by atoms with van der Waals surface area (Å²) in [5.74, 6) is 0.150. The van der Waals surface area contributed by atoms with Crippen LogP contribution in [0.15, 0.2) is 60.2 Å². The lowest BCUT2D eigenvalue weighted by atomic mass is 10.1. The van der Waals surface area contributed by atoms with Gasteiger partial charge in [0.25, 0.3) is 0 Å². The van der Waals surface area contributed by atoms with Crippen LogP contribution < -0.4 is 15.6 Å². The fraction of sp³-hybridized carbons (Fsp3) is 0.462. The van der Waals surface area contributed by atoms with Crippen LogP contribution in [0.4, 0.5) is 8.92 Å². The van der Waals surface area contributed by atoms with Crippen LogP contribution in [-0.2, 0) is 6.61 Å². The first-order valence-electron chi connectivity index (χ1n) is 10.9. The Morgan fingerprint density at radius 2 is 1.52 bits per heavy atom. The largest absolute Gasteiger partial charge is 0.400 e. The number of benzene rings is 2. The Hall–Kier alpha value is -2.32. The minimum Gasteiger partial charge on any atom is -0.400 e. The van der Waals surface area contributed by atoms with Crippen molar-refractivity contribution in [3.05, 3.63) is 71.3 Å². The van der Waals surface area contributed by atoms with Crippen molar-refractivity contribution in [1.29, 1.82) is 0 Å². The van der Waals surface area contributed by atoms with Crippen LogP contribution in [-0.4, -0.2) is 51.7 Å². The van der Waals surface area contributed by atoms with E-state index in [0.717, 1.165) is 19.2 Å². The Balaban J connectivity index is -0.000000390. The highest BCUT2D eigenvalue weighted by atomic mass is 19.3. The molecule has 2 aromatic carbocycles. The third-order valence-corrected chi connectivity index (χ3v) is 3.89. The Kier molecular flexibility index (Phi) is 31.7. The summed E-state index contributed by atoms with van der Waals surface area (Å²) in [6, 6.07) is 16.4. The summed E-state index contributed by atoms with van der Waals surface area (Å²) in [6.07, 6.45) is 6.20. The second-order valence-corrected chi connectivity index (χ2v) is 6.62. The Morgan fingerprint density at radius 3 is 1.94 bits per heavy atom. The van der Waals surface area contributed by atoms with E-state index in [2.05, 4.69) is 59.8 Å². The highest BCUT2D eigenvalue weighted by Crippen LogP contribution is 2.11. The molecule has 33 heavy (non-hydrogen) atoms. The molecule has 0 aliphatic heterocycles. The summed E-state index contributed by atoms with van der Waals surface area (Å²) >= 11 is 0. The average Bonchev–Trinajstić information content (AvgIpc) is 2.88. The van der Waals surface area contributed by atoms with Crippen LogP contribution in [0, 0.1) is 0 Å². The molecule has 190 valence electrons. The van der Waals surface area contributed by atoms with Crippen molar-refractivity contribution in [2.75, 3.05) is 41.5 Å². The van der Waals surface area contributed by atoms with Crippen molar-refractivity contribution in [1.82, 2.24) is 10.6 Å². The van der Waals surface area contributed by atoms with Gasteiger partial charge in [0, 0.05) is 18.2 Å². The van der Waals surface area contributed by atoms with Crippen molar-refractivity contribution in [3.63, 3.8) is 0 Å². The van der Waals surface area contributed by atoms with Crippen molar-refractivity contribution in [2.24, 2.45) is 0 Å². The first-order chi connectivity index (χ1) is 16.1. The first kappa shape index (κ1) is 35.3. The number of halogens is 2. The molecule has 2 rings (SSSR count). The maximum absolute atomic E-state index is 11.4. The Morgan fingerprint density at radius 1 is 0.939 bits per heavy atom. The van der Waals surface area contributed by atoms with Crippen LogP contribution >= 0.6 is 0 Å². The number of likely N-dealkylation sites (N-methyl/N-ethyl adjacent to an activating group) is 1. The molecule has 0 fully saturated rings. The number of hydrogen-bond acceptors (Lipinski definition) is 5. The standard InChI is InChI=1S/C11H15N.C7H7FO2.C6H15N.CH3F.CH4O/c1-10(9-12-2)8-11-6-4-3-5-7-11;8-10-7-3-1-6(5-9)2-4-7;1-3-4-5-6-7-2;2*1-2/h3-8,12H,9H2,1-2H3;1-4,9H,5H2;7H,3-6H2,1-2H3;1H3;2H,1H3/b10-8+;;;;. The molecule has 0 amide bonds. The van der Waals surface area contributed by atoms with E-state index in [9.17, 15) is 8.92 Å². The zero-order valence-corrected chi connectivity index (χ0v) is 21.1. The van der Waals surface area contributed by atoms with Gasteiger partial charge in [-0.3, -0.25) is 9.33 Å². The second-order valence-electron chi connectivity index (χ2n) is 6.62. The monoisotopic (exact) mass is 470 g/mol. The van der Waals surface area contributed by atoms with E-state index in [1.54, 1.807) is 12.1 Å². The summed E-state index contributed by atoms with van der Waals surface area (Å²) in [4.78, 5) is 3.43. The molecule has 0 unspecified atom stereocenters. The van der Waals surface area contributed by atoms with Gasteiger partial charge >= 0.3 is 0 Å². The number of unbranched alkanes of at least 4 members (excludes halogenated alkanes) is 2. The maximum Gasteiger partial charge on any atom is 0.171 e. The van der Waals surface area contributed by atoms with E-state index in [-0.39, 0.29) is 12.4 Å². The van der Waals surface area contributed by atoms with Gasteiger partial charge in [-0.05, 0) is 57.2 Å². The third kappa shape index (κ3) is 24.2. The summed E-state index contributed by atoms with van der Waals surface area (Å²) in [5, 5.41) is 21.8. The number of nitrogens with one attached hydrogen (secondary N) is 2. The third-order valence-electron chi connectivity index (χ3n) is 3.89. The molecule has 0 bridgehead atoms. The molecule has 0 saturated heterocycles. The fourth-order valence-corrected chi connectivity index (χ4v) is 2.36. The fourth-order valence-electron chi connectivity index (χ4n) is 2.36. The lowest BCUT2D eigenvalue weighted by Crippen LogP contribution is -2.08. The van der Waals surface area contributed by atoms with Gasteiger partial charge in [-0.15, -0.1) is 0 Å². The number of rotatable bonds is 9. The van der Waals surface area contributed by atoms with Gasteiger partial charge in [0.2, 0.25) is 0 Å². The predicted octanol–water partition coefficient (Wildman–Crippen LogP) is 5.34. The van der Waals surface area contributed by atoms with Crippen LogP contribution in [0.3, 0.4) is 0 Å². The SMILES string of the molecule is CCCCCNC.CF.CNC/C(C)=C/c1ccccc1.CO.OCc1ccc(OF)cc1. The van der Waals surface area contributed by atoms with Gasteiger partial charge in [0.1, 0.15) is 0 Å². The lowest BCUT2D eigenvalue weighted by Gasteiger charge is -1.98. The van der Waals surface area contributed by atoms with E-state index in [0.29, 0.717) is 7.18 Å². The van der Waals surface area contributed by atoms with Gasteiger partial charge < -0.3 is 20.8 Å². The van der Waals surface area contributed by atoms with E-state index >= 15 is 0 Å². The normalized spacial score (nSPS) is 9.45. The zero-order chi connectivity index (χ0) is 25.7. The van der Waals surface area contributed by atoms with E-state index in [4.69, 9.17) is 10.2 Å². The highest BCUT2D eigenvalue weighted by molar-refractivity contribution is 5.52. The number of aliphatic hydroxyl groups is 2. The van der Waals surface area contributed by atoms with Gasteiger partial charge in [0.05, 0.1) is 13.8 Å². The van der Waals surface area contributed by atoms with Crippen molar-refractivity contribution >= 4 is 6.08 Å². The number of hydrogen-bond donors (Lipinski definition) is 4. The molecule has 0 heterocycles. The molecule has 4 N–H and O–H groups in total. The maximum atomic E-state index is 11.4. The molecule has 2 aromatic rings. The molecule has 7 heteroatoms. The molecule has 5 nitrogen and oxygen atoms in total. The summed E-state index contributed by atoms with van der Waals surface area (Å²) in [7, 11) is 5.46. The van der Waals surface area contributed by atoms with Crippen molar-refractivity contribution < 1.29 is 24.1 Å². The molecular weight excluding hydrogens is 426 g/mol. The van der Waals surface area contributed by atoms with Gasteiger partial charge in [-0.25, -0.2) is 0 Å². The average molecular weight is 471 g/mol. The predicted molar refractivity (Wildman–Crippen MR) is 137 cm³/mol.